The molecule has 3 rings (SSSR count). The maximum atomic E-state index is 12.8. The Kier molecular flexibility index (Phi) is 6.74. The van der Waals surface area contributed by atoms with Crippen LogP contribution in [0.3, 0.4) is 0 Å². The van der Waals surface area contributed by atoms with Crippen molar-refractivity contribution in [3.63, 3.8) is 0 Å². The third kappa shape index (κ3) is 4.98. The third-order valence-corrected chi connectivity index (χ3v) is 5.45. The standard InChI is InChI=1S/C22H25ClN4O3/c1-14-8-9-17(15(2)12-14)24-22(30)25-20(28)13-26(3)19-10-11-27(21(19)29)18-7-5-4-6-16(18)23/h4-9,12,19H,10-11,13H2,1-3H3,(H2,24,25,28,30). The molecule has 0 bridgehead atoms. The Balaban J connectivity index is 1.54. The molecule has 1 heterocycles. The number of carbonyl (C=O) groups excluding carboxylic acids is 3. The molecular weight excluding hydrogens is 404 g/mol. The number of aryl methyl sites for hydroxylation is 2. The smallest absolute Gasteiger partial charge is 0.310 e. The summed E-state index contributed by atoms with van der Waals surface area (Å²) in [6.07, 6.45) is 0.572. The van der Waals surface area contributed by atoms with Gasteiger partial charge in [0.25, 0.3) is 0 Å². The SMILES string of the molecule is Cc1ccc(NC(=O)NC(=O)CN(C)C2CCN(c3ccccc3Cl)C2=O)c(C)c1. The number of benzene rings is 2. The van der Waals surface area contributed by atoms with Crippen molar-refractivity contribution in [3.8, 4) is 0 Å². The van der Waals surface area contributed by atoms with E-state index in [2.05, 4.69) is 10.6 Å². The molecule has 0 aliphatic carbocycles. The van der Waals surface area contributed by atoms with E-state index in [1.807, 2.05) is 38.1 Å². The summed E-state index contributed by atoms with van der Waals surface area (Å²) in [4.78, 5) is 40.6. The Bertz CT molecular complexity index is 979. The van der Waals surface area contributed by atoms with Gasteiger partial charge in [-0.05, 0) is 51.1 Å². The molecule has 1 atom stereocenters. The monoisotopic (exact) mass is 428 g/mol. The fourth-order valence-electron chi connectivity index (χ4n) is 3.59. The Labute approximate surface area is 181 Å². The number of amides is 4. The molecule has 7 nitrogen and oxygen atoms in total. The second kappa shape index (κ2) is 9.28. The number of halogens is 1. The minimum Gasteiger partial charge on any atom is -0.310 e. The van der Waals surface area contributed by atoms with Gasteiger partial charge in [-0.2, -0.15) is 0 Å². The number of hydrogen-bond acceptors (Lipinski definition) is 4. The highest BCUT2D eigenvalue weighted by atomic mass is 35.5. The van der Waals surface area contributed by atoms with E-state index < -0.39 is 18.0 Å². The highest BCUT2D eigenvalue weighted by molar-refractivity contribution is 6.34. The minimum absolute atomic E-state index is 0.0763. The van der Waals surface area contributed by atoms with Crippen molar-refractivity contribution < 1.29 is 14.4 Å². The summed E-state index contributed by atoms with van der Waals surface area (Å²) in [5.74, 6) is -0.595. The van der Waals surface area contributed by atoms with Crippen molar-refractivity contribution >= 4 is 40.8 Å². The van der Waals surface area contributed by atoms with Crippen molar-refractivity contribution in [2.45, 2.75) is 26.3 Å². The maximum absolute atomic E-state index is 12.8. The number of nitrogens with zero attached hydrogens (tertiary/aromatic N) is 2. The summed E-state index contributed by atoms with van der Waals surface area (Å²) in [5, 5.41) is 5.50. The van der Waals surface area contributed by atoms with Crippen LogP contribution < -0.4 is 15.5 Å². The van der Waals surface area contributed by atoms with Gasteiger partial charge in [0.05, 0.1) is 23.3 Å². The molecule has 1 aliphatic rings. The molecule has 0 spiro atoms. The highest BCUT2D eigenvalue weighted by Crippen LogP contribution is 2.30. The van der Waals surface area contributed by atoms with Crippen molar-refractivity contribution in [1.82, 2.24) is 10.2 Å². The number of imide groups is 1. The average Bonchev–Trinajstić information content (AvgIpc) is 3.05. The summed E-state index contributed by atoms with van der Waals surface area (Å²) in [7, 11) is 1.69. The lowest BCUT2D eigenvalue weighted by atomic mass is 10.1. The number of nitrogens with one attached hydrogen (secondary N) is 2. The zero-order valence-electron chi connectivity index (χ0n) is 17.2. The molecule has 2 N–H and O–H groups in total. The maximum Gasteiger partial charge on any atom is 0.325 e. The quantitative estimate of drug-likeness (QED) is 0.765. The first-order chi connectivity index (χ1) is 14.3. The van der Waals surface area contributed by atoms with Crippen molar-refractivity contribution in [1.29, 1.82) is 0 Å². The van der Waals surface area contributed by atoms with Crippen LogP contribution in [0, 0.1) is 13.8 Å². The van der Waals surface area contributed by atoms with Crippen LogP contribution >= 0.6 is 11.6 Å². The fourth-order valence-corrected chi connectivity index (χ4v) is 3.83. The molecule has 0 aromatic heterocycles. The predicted molar refractivity (Wildman–Crippen MR) is 118 cm³/mol. The van der Waals surface area contributed by atoms with Crippen LogP contribution in [0.4, 0.5) is 16.2 Å². The first-order valence-corrected chi connectivity index (χ1v) is 10.1. The van der Waals surface area contributed by atoms with Crippen LogP contribution in [-0.4, -0.2) is 48.9 Å². The average molecular weight is 429 g/mol. The molecule has 4 amide bonds. The Morgan fingerprint density at radius 3 is 2.63 bits per heavy atom. The van der Waals surface area contributed by atoms with Gasteiger partial charge in [-0.1, -0.05) is 41.4 Å². The molecule has 158 valence electrons. The number of hydrogen-bond donors (Lipinski definition) is 2. The van der Waals surface area contributed by atoms with E-state index in [0.29, 0.717) is 29.4 Å². The first-order valence-electron chi connectivity index (χ1n) is 9.70. The number of para-hydroxylation sites is 1. The molecule has 8 heteroatoms. The van der Waals surface area contributed by atoms with Crippen molar-refractivity contribution in [2.24, 2.45) is 0 Å². The summed E-state index contributed by atoms with van der Waals surface area (Å²) < 4.78 is 0. The van der Waals surface area contributed by atoms with Gasteiger partial charge < -0.3 is 10.2 Å². The number of rotatable bonds is 5. The van der Waals surface area contributed by atoms with Gasteiger partial charge in [0.1, 0.15) is 0 Å². The number of likely N-dealkylation sites (N-methyl/N-ethyl adjacent to an activating group) is 1. The van der Waals surface area contributed by atoms with Crippen LogP contribution in [0.5, 0.6) is 0 Å². The fraction of sp³-hybridized carbons (Fsp3) is 0.318. The molecule has 1 aliphatic heterocycles. The van der Waals surface area contributed by atoms with E-state index >= 15 is 0 Å². The van der Waals surface area contributed by atoms with E-state index in [1.165, 1.54) is 0 Å². The lowest BCUT2D eigenvalue weighted by Gasteiger charge is -2.23. The second-order valence-corrected chi connectivity index (χ2v) is 7.89. The van der Waals surface area contributed by atoms with Gasteiger partial charge in [0.15, 0.2) is 0 Å². The van der Waals surface area contributed by atoms with Gasteiger partial charge in [0, 0.05) is 12.2 Å². The van der Waals surface area contributed by atoms with Gasteiger partial charge in [-0.15, -0.1) is 0 Å². The van der Waals surface area contributed by atoms with Crippen LogP contribution in [0.25, 0.3) is 0 Å². The second-order valence-electron chi connectivity index (χ2n) is 7.48. The summed E-state index contributed by atoms with van der Waals surface area (Å²) >= 11 is 6.21. The summed E-state index contributed by atoms with van der Waals surface area (Å²) in [5.41, 5.74) is 3.30. The lowest BCUT2D eigenvalue weighted by molar-refractivity contribution is -0.124. The van der Waals surface area contributed by atoms with E-state index in [1.54, 1.807) is 35.0 Å². The molecular formula is C22H25ClN4O3. The van der Waals surface area contributed by atoms with Crippen molar-refractivity contribution in [3.05, 3.63) is 58.6 Å². The molecule has 1 fully saturated rings. The van der Waals surface area contributed by atoms with Gasteiger partial charge >= 0.3 is 6.03 Å². The largest absolute Gasteiger partial charge is 0.325 e. The molecule has 0 radical (unpaired) electrons. The van der Waals surface area contributed by atoms with Gasteiger partial charge in [-0.3, -0.25) is 19.8 Å². The number of anilines is 2. The van der Waals surface area contributed by atoms with E-state index in [0.717, 1.165) is 11.1 Å². The van der Waals surface area contributed by atoms with E-state index in [9.17, 15) is 14.4 Å². The molecule has 0 saturated carbocycles. The van der Waals surface area contributed by atoms with Crippen LogP contribution in [0.15, 0.2) is 42.5 Å². The van der Waals surface area contributed by atoms with E-state index in [4.69, 9.17) is 11.6 Å². The zero-order valence-corrected chi connectivity index (χ0v) is 18.0. The summed E-state index contributed by atoms with van der Waals surface area (Å²) in [6.45, 7) is 4.29. The minimum atomic E-state index is -0.601. The molecule has 1 unspecified atom stereocenters. The molecule has 2 aromatic carbocycles. The Hall–Kier alpha value is -2.90. The predicted octanol–water partition coefficient (Wildman–Crippen LogP) is 3.34. The Morgan fingerprint density at radius 1 is 1.20 bits per heavy atom. The van der Waals surface area contributed by atoms with Crippen LogP contribution in [0.2, 0.25) is 5.02 Å². The van der Waals surface area contributed by atoms with Crippen molar-refractivity contribution in [2.75, 3.05) is 30.4 Å². The first kappa shape index (κ1) is 21.8. The van der Waals surface area contributed by atoms with Gasteiger partial charge in [-0.25, -0.2) is 4.79 Å². The van der Waals surface area contributed by atoms with Gasteiger partial charge in [0.2, 0.25) is 11.8 Å². The molecule has 1 saturated heterocycles. The lowest BCUT2D eigenvalue weighted by Crippen LogP contribution is -2.46. The summed E-state index contributed by atoms with van der Waals surface area (Å²) in [6, 6.07) is 11.7. The molecule has 2 aromatic rings. The third-order valence-electron chi connectivity index (χ3n) is 5.13. The number of urea groups is 1. The normalized spacial score (nSPS) is 16.1. The Morgan fingerprint density at radius 2 is 1.93 bits per heavy atom. The van der Waals surface area contributed by atoms with Crippen LogP contribution in [0.1, 0.15) is 17.5 Å². The zero-order chi connectivity index (χ0) is 21.8. The topological polar surface area (TPSA) is 81.8 Å². The van der Waals surface area contributed by atoms with Crippen LogP contribution in [-0.2, 0) is 9.59 Å². The molecule has 30 heavy (non-hydrogen) atoms. The highest BCUT2D eigenvalue weighted by Gasteiger charge is 2.36. The number of carbonyl (C=O) groups is 3. The van der Waals surface area contributed by atoms with E-state index in [-0.39, 0.29) is 12.5 Å².